The first-order valence-corrected chi connectivity index (χ1v) is 9.99. The van der Waals surface area contributed by atoms with Gasteiger partial charge >= 0.3 is 0 Å². The zero-order valence-electron chi connectivity index (χ0n) is 17.0. The Kier molecular flexibility index (Phi) is 6.48. The van der Waals surface area contributed by atoms with Crippen LogP contribution in [0, 0.1) is 5.82 Å². The Hall–Kier alpha value is -3.69. The first-order chi connectivity index (χ1) is 15.5. The molecule has 0 bridgehead atoms. The molecule has 32 heavy (non-hydrogen) atoms. The lowest BCUT2D eigenvalue weighted by Crippen LogP contribution is -2.52. The van der Waals surface area contributed by atoms with Gasteiger partial charge in [0.2, 0.25) is 5.91 Å². The van der Waals surface area contributed by atoms with Crippen LogP contribution >= 0.6 is 0 Å². The maximum absolute atomic E-state index is 13.2. The normalized spacial score (nSPS) is 18.4. The molecule has 2 unspecified atom stereocenters. The quantitative estimate of drug-likeness (QED) is 0.615. The zero-order chi connectivity index (χ0) is 22.5. The Morgan fingerprint density at radius 3 is 2.56 bits per heavy atom. The van der Waals surface area contributed by atoms with Crippen molar-refractivity contribution < 1.29 is 23.8 Å². The number of hydrogen-bond acceptors (Lipinski definition) is 6. The molecule has 1 saturated heterocycles. The molecule has 0 radical (unpaired) electrons. The zero-order valence-corrected chi connectivity index (χ0v) is 17.0. The van der Waals surface area contributed by atoms with Crippen molar-refractivity contribution in [3.05, 3.63) is 89.8 Å². The van der Waals surface area contributed by atoms with Gasteiger partial charge in [-0.05, 0) is 35.4 Å². The highest BCUT2D eigenvalue weighted by Crippen LogP contribution is 2.31. The molecule has 2 heterocycles. The maximum Gasteiger partial charge on any atom is 0.275 e. The fourth-order valence-corrected chi connectivity index (χ4v) is 3.58. The predicted molar refractivity (Wildman–Crippen MR) is 113 cm³/mol. The molecular weight excluding hydrogens is 415 g/mol. The summed E-state index contributed by atoms with van der Waals surface area (Å²) in [6.45, 7) is -0.202. The molecule has 8 nitrogen and oxygen atoms in total. The number of anilines is 1. The molecule has 164 valence electrons. The largest absolute Gasteiger partial charge is 0.394 e. The number of aromatic nitrogens is 2. The van der Waals surface area contributed by atoms with Crippen LogP contribution in [0.2, 0.25) is 0 Å². The van der Waals surface area contributed by atoms with Crippen molar-refractivity contribution in [1.29, 1.82) is 0 Å². The summed E-state index contributed by atoms with van der Waals surface area (Å²) in [5, 5.41) is 12.8. The van der Waals surface area contributed by atoms with Gasteiger partial charge in [0.25, 0.3) is 5.91 Å². The predicted octanol–water partition coefficient (Wildman–Crippen LogP) is 2.33. The SMILES string of the molecule is O=C(Nc1ccc(C2OCC(=O)N(Cc3ccc(F)cc3)C2CO)cc1)c1cnccn1. The van der Waals surface area contributed by atoms with Crippen LogP contribution in [0.1, 0.15) is 27.7 Å². The molecule has 3 aromatic rings. The molecule has 1 aromatic heterocycles. The number of carbonyl (C=O) groups excluding carboxylic acids is 2. The maximum atomic E-state index is 13.2. The van der Waals surface area contributed by atoms with Crippen LogP contribution in [0.4, 0.5) is 10.1 Å². The van der Waals surface area contributed by atoms with Crippen LogP contribution in [0.15, 0.2) is 67.1 Å². The van der Waals surface area contributed by atoms with Gasteiger partial charge in [-0.1, -0.05) is 24.3 Å². The summed E-state index contributed by atoms with van der Waals surface area (Å²) >= 11 is 0. The minimum atomic E-state index is -0.610. The number of benzene rings is 2. The van der Waals surface area contributed by atoms with E-state index in [9.17, 15) is 19.1 Å². The molecule has 1 aliphatic heterocycles. The van der Waals surface area contributed by atoms with E-state index < -0.39 is 12.1 Å². The summed E-state index contributed by atoms with van der Waals surface area (Å²) in [5.41, 5.74) is 2.25. The number of hydrogen-bond donors (Lipinski definition) is 2. The number of halogens is 1. The van der Waals surface area contributed by atoms with Gasteiger partial charge in [-0.25, -0.2) is 9.37 Å². The van der Waals surface area contributed by atoms with Crippen molar-refractivity contribution in [2.75, 3.05) is 18.5 Å². The van der Waals surface area contributed by atoms with Gasteiger partial charge in [0.1, 0.15) is 24.2 Å². The van der Waals surface area contributed by atoms with Gasteiger partial charge in [-0.3, -0.25) is 14.6 Å². The lowest BCUT2D eigenvalue weighted by atomic mass is 9.98. The van der Waals surface area contributed by atoms with Crippen LogP contribution in [-0.4, -0.2) is 51.0 Å². The molecule has 0 spiro atoms. The van der Waals surface area contributed by atoms with Gasteiger partial charge in [0, 0.05) is 24.6 Å². The number of aliphatic hydroxyl groups excluding tert-OH is 1. The molecule has 1 aliphatic rings. The Balaban J connectivity index is 1.48. The topological polar surface area (TPSA) is 105 Å². The second-order valence-electron chi connectivity index (χ2n) is 7.30. The van der Waals surface area contributed by atoms with Crippen molar-refractivity contribution in [1.82, 2.24) is 14.9 Å². The van der Waals surface area contributed by atoms with Crippen LogP contribution in [0.5, 0.6) is 0 Å². The number of nitrogens with zero attached hydrogens (tertiary/aromatic N) is 3. The fourth-order valence-electron chi connectivity index (χ4n) is 3.58. The van der Waals surface area contributed by atoms with Crippen molar-refractivity contribution in [3.63, 3.8) is 0 Å². The first-order valence-electron chi connectivity index (χ1n) is 9.99. The third-order valence-electron chi connectivity index (χ3n) is 5.20. The van der Waals surface area contributed by atoms with Gasteiger partial charge in [0.05, 0.1) is 18.8 Å². The highest BCUT2D eigenvalue weighted by Gasteiger charge is 2.37. The molecular formula is C23H21FN4O4. The van der Waals surface area contributed by atoms with E-state index in [0.717, 1.165) is 11.1 Å². The summed E-state index contributed by atoms with van der Waals surface area (Å²) < 4.78 is 18.9. The summed E-state index contributed by atoms with van der Waals surface area (Å²) in [4.78, 5) is 34.1. The molecule has 2 amide bonds. The van der Waals surface area contributed by atoms with Gasteiger partial charge in [-0.15, -0.1) is 0 Å². The van der Waals surface area contributed by atoms with Crippen molar-refractivity contribution in [2.45, 2.75) is 18.7 Å². The average molecular weight is 436 g/mol. The van der Waals surface area contributed by atoms with E-state index in [4.69, 9.17) is 4.74 Å². The molecule has 0 saturated carbocycles. The van der Waals surface area contributed by atoms with E-state index in [0.29, 0.717) is 5.69 Å². The van der Waals surface area contributed by atoms with Gasteiger partial charge in [0.15, 0.2) is 0 Å². The Labute approximate surface area is 183 Å². The smallest absolute Gasteiger partial charge is 0.275 e. The number of rotatable bonds is 6. The molecule has 9 heteroatoms. The van der Waals surface area contributed by atoms with E-state index in [1.807, 2.05) is 0 Å². The second-order valence-corrected chi connectivity index (χ2v) is 7.30. The van der Waals surface area contributed by atoms with Crippen LogP contribution in [-0.2, 0) is 16.1 Å². The number of nitrogens with one attached hydrogen (secondary N) is 1. The monoisotopic (exact) mass is 436 g/mol. The van der Waals surface area contributed by atoms with E-state index >= 15 is 0 Å². The molecule has 1 fully saturated rings. The number of carbonyl (C=O) groups is 2. The van der Waals surface area contributed by atoms with Gasteiger partial charge in [-0.2, -0.15) is 0 Å². The standard InChI is InChI=1S/C23H21FN4O4/c24-17-5-1-15(2-6-17)12-28-20(13-29)22(32-14-21(28)30)16-3-7-18(8-4-16)27-23(31)19-11-25-9-10-26-19/h1-11,20,22,29H,12-14H2,(H,27,31). The Bertz CT molecular complexity index is 1080. The molecule has 2 aromatic carbocycles. The summed E-state index contributed by atoms with van der Waals surface area (Å²) in [6.07, 6.45) is 3.74. The van der Waals surface area contributed by atoms with Gasteiger partial charge < -0.3 is 20.1 Å². The molecule has 2 N–H and O–H groups in total. The minimum Gasteiger partial charge on any atom is -0.394 e. The van der Waals surface area contributed by atoms with Crippen LogP contribution in [0.25, 0.3) is 0 Å². The lowest BCUT2D eigenvalue weighted by Gasteiger charge is -2.40. The molecule has 2 atom stereocenters. The third kappa shape index (κ3) is 4.79. The first kappa shape index (κ1) is 21.5. The molecule has 4 rings (SSSR count). The summed E-state index contributed by atoms with van der Waals surface area (Å²) in [6, 6.07) is 12.2. The third-order valence-corrected chi connectivity index (χ3v) is 5.20. The number of ether oxygens (including phenoxy) is 1. The number of morpholine rings is 1. The minimum absolute atomic E-state index is 0.131. The average Bonchev–Trinajstić information content (AvgIpc) is 2.82. The van der Waals surface area contributed by atoms with Crippen molar-refractivity contribution in [2.24, 2.45) is 0 Å². The van der Waals surface area contributed by atoms with E-state index in [2.05, 4.69) is 15.3 Å². The van der Waals surface area contributed by atoms with E-state index in [1.54, 1.807) is 41.3 Å². The number of aliphatic hydroxyl groups is 1. The van der Waals surface area contributed by atoms with E-state index in [1.165, 1.54) is 30.7 Å². The Morgan fingerprint density at radius 1 is 1.16 bits per heavy atom. The second kappa shape index (κ2) is 9.63. The highest BCUT2D eigenvalue weighted by atomic mass is 19.1. The van der Waals surface area contributed by atoms with Crippen LogP contribution < -0.4 is 5.32 Å². The van der Waals surface area contributed by atoms with Crippen LogP contribution in [0.3, 0.4) is 0 Å². The van der Waals surface area contributed by atoms with Crippen molar-refractivity contribution >= 4 is 17.5 Å². The highest BCUT2D eigenvalue weighted by molar-refractivity contribution is 6.02. The fraction of sp³-hybridized carbons (Fsp3) is 0.217. The summed E-state index contributed by atoms with van der Waals surface area (Å²) in [5.74, 6) is -0.994. The Morgan fingerprint density at radius 2 is 1.91 bits per heavy atom. The molecule has 0 aliphatic carbocycles. The summed E-state index contributed by atoms with van der Waals surface area (Å²) in [7, 11) is 0. The number of amides is 2. The lowest BCUT2D eigenvalue weighted by molar-refractivity contribution is -0.162. The van der Waals surface area contributed by atoms with Crippen molar-refractivity contribution in [3.8, 4) is 0 Å². The van der Waals surface area contributed by atoms with E-state index in [-0.39, 0.29) is 43.1 Å².